The van der Waals surface area contributed by atoms with Gasteiger partial charge in [-0.3, -0.25) is 5.10 Å². The molecule has 6 nitrogen and oxygen atoms in total. The van der Waals surface area contributed by atoms with Crippen molar-refractivity contribution in [3.8, 4) is 17.1 Å². The molecule has 0 aliphatic heterocycles. The van der Waals surface area contributed by atoms with E-state index in [-0.39, 0.29) is 0 Å². The Morgan fingerprint density at radius 1 is 1.15 bits per heavy atom. The molecule has 0 spiro atoms. The van der Waals surface area contributed by atoms with Gasteiger partial charge in [-0.1, -0.05) is 58.0 Å². The third kappa shape index (κ3) is 3.38. The first-order chi connectivity index (χ1) is 12.6. The monoisotopic (exact) mass is 426 g/mol. The lowest BCUT2D eigenvalue weighted by atomic mass is 10.1. The summed E-state index contributed by atoms with van der Waals surface area (Å²) in [6, 6.07) is 16.1. The third-order valence-electron chi connectivity index (χ3n) is 3.96. The lowest BCUT2D eigenvalue weighted by Gasteiger charge is -2.02. The van der Waals surface area contributed by atoms with Crippen LogP contribution in [0.15, 0.2) is 59.2 Å². The Kier molecular flexibility index (Phi) is 4.52. The van der Waals surface area contributed by atoms with Crippen molar-refractivity contribution in [2.75, 3.05) is 0 Å². The predicted octanol–water partition coefficient (Wildman–Crippen LogP) is 4.31. The average molecular weight is 427 g/mol. The van der Waals surface area contributed by atoms with Gasteiger partial charge in [-0.05, 0) is 42.0 Å². The highest BCUT2D eigenvalue weighted by atomic mass is 79.9. The fourth-order valence-electron chi connectivity index (χ4n) is 2.70. The highest BCUT2D eigenvalue weighted by Gasteiger charge is 2.12. The van der Waals surface area contributed by atoms with Crippen LogP contribution in [0.1, 0.15) is 11.1 Å². The van der Waals surface area contributed by atoms with Gasteiger partial charge < -0.3 is 0 Å². The van der Waals surface area contributed by atoms with E-state index in [0.717, 1.165) is 21.3 Å². The number of rotatable bonds is 4. The van der Waals surface area contributed by atoms with Gasteiger partial charge in [0.2, 0.25) is 5.82 Å². The molecule has 1 N–H and O–H groups in total. The van der Waals surface area contributed by atoms with Crippen LogP contribution in [0.25, 0.3) is 17.1 Å². The molecule has 4 rings (SSSR count). The summed E-state index contributed by atoms with van der Waals surface area (Å²) < 4.78 is 3.45. The maximum atomic E-state index is 5.58. The molecule has 0 saturated carbocycles. The molecule has 0 unspecified atom stereocenters. The van der Waals surface area contributed by atoms with Crippen LogP contribution >= 0.6 is 28.1 Å². The molecule has 8 heteroatoms. The van der Waals surface area contributed by atoms with Gasteiger partial charge in [0.05, 0.1) is 17.8 Å². The first-order valence-corrected chi connectivity index (χ1v) is 9.20. The Morgan fingerprint density at radius 3 is 2.73 bits per heavy atom. The van der Waals surface area contributed by atoms with Gasteiger partial charge in [-0.2, -0.15) is 4.80 Å². The van der Waals surface area contributed by atoms with Crippen LogP contribution < -0.4 is 0 Å². The Hall–Kier alpha value is -2.58. The number of aromatic amines is 1. The number of nitrogens with one attached hydrogen (secondary N) is 1. The first-order valence-electron chi connectivity index (χ1n) is 8.00. The van der Waals surface area contributed by atoms with Gasteiger partial charge in [0.25, 0.3) is 0 Å². The largest absolute Gasteiger partial charge is 0.299 e. The van der Waals surface area contributed by atoms with E-state index in [4.69, 9.17) is 12.2 Å². The molecular weight excluding hydrogens is 412 g/mol. The number of aromatic nitrogens is 6. The van der Waals surface area contributed by atoms with E-state index < -0.39 is 0 Å². The molecule has 26 heavy (non-hydrogen) atoms. The lowest BCUT2D eigenvalue weighted by molar-refractivity contribution is 0.572. The van der Waals surface area contributed by atoms with Crippen LogP contribution in [0.3, 0.4) is 0 Å². The fraction of sp³-hybridized carbons (Fsp3) is 0.111. The number of hydrogen-bond donors (Lipinski definition) is 1. The van der Waals surface area contributed by atoms with Crippen molar-refractivity contribution in [1.29, 1.82) is 0 Å². The molecule has 0 aliphatic carbocycles. The zero-order chi connectivity index (χ0) is 18.1. The van der Waals surface area contributed by atoms with E-state index in [1.54, 1.807) is 11.0 Å². The number of hydrogen-bond acceptors (Lipinski definition) is 4. The minimum atomic E-state index is 0.509. The van der Waals surface area contributed by atoms with Crippen molar-refractivity contribution in [1.82, 2.24) is 30.0 Å². The van der Waals surface area contributed by atoms with Gasteiger partial charge in [-0.25, -0.2) is 4.68 Å². The minimum absolute atomic E-state index is 0.509. The molecule has 4 aromatic rings. The normalized spacial score (nSPS) is 11.0. The van der Waals surface area contributed by atoms with E-state index in [1.807, 2.05) is 41.1 Å². The number of H-pyrrole nitrogens is 1. The summed E-state index contributed by atoms with van der Waals surface area (Å²) in [6.07, 6.45) is 1.80. The van der Waals surface area contributed by atoms with E-state index in [1.165, 1.54) is 5.56 Å². The highest BCUT2D eigenvalue weighted by molar-refractivity contribution is 9.10. The Morgan fingerprint density at radius 2 is 1.96 bits per heavy atom. The van der Waals surface area contributed by atoms with Gasteiger partial charge in [0, 0.05) is 10.7 Å². The fourth-order valence-corrected chi connectivity index (χ4v) is 3.28. The second kappa shape index (κ2) is 6.97. The second-order valence-corrected chi connectivity index (χ2v) is 7.24. The van der Waals surface area contributed by atoms with Crippen LogP contribution in [0, 0.1) is 11.6 Å². The topological polar surface area (TPSA) is 64.3 Å². The average Bonchev–Trinajstić information content (AvgIpc) is 3.22. The van der Waals surface area contributed by atoms with Crippen LogP contribution in [0.4, 0.5) is 0 Å². The van der Waals surface area contributed by atoms with Crippen molar-refractivity contribution in [3.05, 3.63) is 75.0 Å². The first kappa shape index (κ1) is 16.9. The number of tetrazole rings is 1. The number of halogens is 1. The summed E-state index contributed by atoms with van der Waals surface area (Å²) >= 11 is 9.02. The van der Waals surface area contributed by atoms with Crippen LogP contribution in [-0.2, 0) is 6.54 Å². The van der Waals surface area contributed by atoms with Gasteiger partial charge in [0.1, 0.15) is 4.64 Å². The van der Waals surface area contributed by atoms with Gasteiger partial charge in [0.15, 0.2) is 0 Å². The zero-order valence-electron chi connectivity index (χ0n) is 13.9. The number of aryl methyl sites for hydroxylation is 1. The van der Waals surface area contributed by atoms with Crippen molar-refractivity contribution in [2.45, 2.75) is 13.5 Å². The summed E-state index contributed by atoms with van der Waals surface area (Å²) in [5, 5.41) is 15.9. The molecule has 0 atom stereocenters. The second-order valence-electron chi connectivity index (χ2n) is 5.94. The number of benzene rings is 2. The van der Waals surface area contributed by atoms with E-state index in [2.05, 4.69) is 55.5 Å². The summed E-state index contributed by atoms with van der Waals surface area (Å²) in [6.45, 7) is 2.63. The SMILES string of the molecule is Cc1cccc(Cn2nnc(-c3c[nH]n(-c4ccc(Br)cc4)c3=S)n2)c1. The van der Waals surface area contributed by atoms with E-state index in [9.17, 15) is 0 Å². The maximum Gasteiger partial charge on any atom is 0.209 e. The summed E-state index contributed by atoms with van der Waals surface area (Å²) in [5.41, 5.74) is 4.03. The summed E-state index contributed by atoms with van der Waals surface area (Å²) in [7, 11) is 0. The molecule has 2 aromatic heterocycles. The molecule has 0 fully saturated rings. The quantitative estimate of drug-likeness (QED) is 0.493. The molecular formula is C18H15BrN6S. The highest BCUT2D eigenvalue weighted by Crippen LogP contribution is 2.20. The van der Waals surface area contributed by atoms with E-state index >= 15 is 0 Å². The van der Waals surface area contributed by atoms with Gasteiger partial charge >= 0.3 is 0 Å². The van der Waals surface area contributed by atoms with E-state index in [0.29, 0.717) is 17.0 Å². The van der Waals surface area contributed by atoms with Crippen LogP contribution in [-0.4, -0.2) is 30.0 Å². The standard InChI is InChI=1S/C18H15BrN6S/c1-12-3-2-4-13(9-12)11-24-22-17(21-23-24)16-10-20-25(18(16)26)15-7-5-14(19)6-8-15/h2-10,20H,11H2,1H3. The summed E-state index contributed by atoms with van der Waals surface area (Å²) in [4.78, 5) is 1.58. The molecule has 0 saturated heterocycles. The molecule has 2 heterocycles. The molecule has 0 radical (unpaired) electrons. The van der Waals surface area contributed by atoms with Crippen molar-refractivity contribution in [3.63, 3.8) is 0 Å². The third-order valence-corrected chi connectivity index (χ3v) is 4.89. The van der Waals surface area contributed by atoms with Crippen LogP contribution in [0.2, 0.25) is 0 Å². The summed E-state index contributed by atoms with van der Waals surface area (Å²) in [5.74, 6) is 0.509. The molecule has 0 amide bonds. The molecule has 2 aromatic carbocycles. The predicted molar refractivity (Wildman–Crippen MR) is 106 cm³/mol. The maximum absolute atomic E-state index is 5.58. The molecule has 130 valence electrons. The van der Waals surface area contributed by atoms with Crippen molar-refractivity contribution >= 4 is 28.1 Å². The van der Waals surface area contributed by atoms with Crippen molar-refractivity contribution in [2.24, 2.45) is 0 Å². The Labute approximate surface area is 163 Å². The minimum Gasteiger partial charge on any atom is -0.299 e. The van der Waals surface area contributed by atoms with Gasteiger partial charge in [-0.15, -0.1) is 10.2 Å². The lowest BCUT2D eigenvalue weighted by Crippen LogP contribution is -2.04. The smallest absolute Gasteiger partial charge is 0.209 e. The molecule has 0 bridgehead atoms. The van der Waals surface area contributed by atoms with Crippen LogP contribution in [0.5, 0.6) is 0 Å². The number of nitrogens with zero attached hydrogens (tertiary/aromatic N) is 5. The Balaban J connectivity index is 1.62. The van der Waals surface area contributed by atoms with Crippen molar-refractivity contribution < 1.29 is 0 Å². The molecule has 0 aliphatic rings. The zero-order valence-corrected chi connectivity index (χ0v) is 16.3. The Bertz CT molecular complexity index is 1110.